The molecule has 1 unspecified atom stereocenters. The number of carbonyl (C=O) groups excluding carboxylic acids is 2. The second kappa shape index (κ2) is 7.45. The first-order valence-electron chi connectivity index (χ1n) is 7.25. The lowest BCUT2D eigenvalue weighted by atomic mass is 10.1. The molecule has 0 spiro atoms. The van der Waals surface area contributed by atoms with E-state index >= 15 is 0 Å². The second-order valence-corrected chi connectivity index (χ2v) is 5.00. The first-order chi connectivity index (χ1) is 10.6. The van der Waals surface area contributed by atoms with Crippen LogP contribution in [-0.4, -0.2) is 29.6 Å². The number of rotatable bonds is 6. The third-order valence-corrected chi connectivity index (χ3v) is 3.50. The molecule has 0 aliphatic rings. The van der Waals surface area contributed by atoms with Gasteiger partial charge in [-0.25, -0.2) is 0 Å². The van der Waals surface area contributed by atoms with Gasteiger partial charge < -0.3 is 14.6 Å². The maximum absolute atomic E-state index is 12.2. The van der Waals surface area contributed by atoms with Crippen LogP contribution in [0.1, 0.15) is 30.1 Å². The summed E-state index contributed by atoms with van der Waals surface area (Å²) in [5, 5.41) is 2.86. The summed E-state index contributed by atoms with van der Waals surface area (Å²) in [6.07, 6.45) is 4.74. The predicted molar refractivity (Wildman–Crippen MR) is 83.9 cm³/mol. The molecule has 2 rings (SSSR count). The van der Waals surface area contributed by atoms with E-state index in [0.29, 0.717) is 12.0 Å². The first-order valence-corrected chi connectivity index (χ1v) is 7.25. The van der Waals surface area contributed by atoms with Crippen LogP contribution in [0, 0.1) is 0 Å². The fourth-order valence-electron chi connectivity index (χ4n) is 2.14. The van der Waals surface area contributed by atoms with Crippen LogP contribution in [0.3, 0.4) is 0 Å². The fraction of sp³-hybridized carbons (Fsp3) is 0.294. The zero-order valence-corrected chi connectivity index (χ0v) is 12.8. The summed E-state index contributed by atoms with van der Waals surface area (Å²) in [5.41, 5.74) is 1.56. The predicted octanol–water partition coefficient (Wildman–Crippen LogP) is 2.55. The SMILES string of the molecule is CCC(CC(=O)OC)NC(=O)c1ccc(-n2cccc2)cc1. The third-order valence-electron chi connectivity index (χ3n) is 3.50. The van der Waals surface area contributed by atoms with Crippen LogP contribution in [0.4, 0.5) is 0 Å². The first kappa shape index (κ1) is 15.8. The Kier molecular flexibility index (Phi) is 5.36. The summed E-state index contributed by atoms with van der Waals surface area (Å²) < 4.78 is 6.60. The molecule has 116 valence electrons. The van der Waals surface area contributed by atoms with E-state index < -0.39 is 0 Å². The fourth-order valence-corrected chi connectivity index (χ4v) is 2.14. The number of amides is 1. The molecule has 0 bridgehead atoms. The normalized spacial score (nSPS) is 11.7. The zero-order valence-electron chi connectivity index (χ0n) is 12.8. The van der Waals surface area contributed by atoms with E-state index in [1.165, 1.54) is 7.11 Å². The number of ether oxygens (including phenoxy) is 1. The van der Waals surface area contributed by atoms with Crippen molar-refractivity contribution in [3.63, 3.8) is 0 Å². The van der Waals surface area contributed by atoms with Crippen LogP contribution in [0.15, 0.2) is 48.8 Å². The molecule has 1 heterocycles. The quantitative estimate of drug-likeness (QED) is 0.834. The van der Waals surface area contributed by atoms with Gasteiger partial charge in [-0.3, -0.25) is 9.59 Å². The summed E-state index contributed by atoms with van der Waals surface area (Å²) in [5.74, 6) is -0.509. The standard InChI is InChI=1S/C17H20N2O3/c1-3-14(12-16(20)22-2)18-17(21)13-6-8-15(9-7-13)19-10-4-5-11-19/h4-11,14H,3,12H2,1-2H3,(H,18,21). The highest BCUT2D eigenvalue weighted by Crippen LogP contribution is 2.11. The molecule has 1 atom stereocenters. The van der Waals surface area contributed by atoms with Crippen molar-refractivity contribution in [2.75, 3.05) is 7.11 Å². The van der Waals surface area contributed by atoms with Gasteiger partial charge in [0.15, 0.2) is 0 Å². The van der Waals surface area contributed by atoms with Crippen molar-refractivity contribution in [2.24, 2.45) is 0 Å². The van der Waals surface area contributed by atoms with Gasteiger partial charge in [-0.05, 0) is 42.8 Å². The summed E-state index contributed by atoms with van der Waals surface area (Å²) in [4.78, 5) is 23.5. The average Bonchev–Trinajstić information content (AvgIpc) is 3.08. The Balaban J connectivity index is 2.01. The Bertz CT molecular complexity index is 618. The van der Waals surface area contributed by atoms with Crippen LogP contribution in [-0.2, 0) is 9.53 Å². The lowest BCUT2D eigenvalue weighted by Gasteiger charge is -2.16. The van der Waals surface area contributed by atoms with Crippen molar-refractivity contribution >= 4 is 11.9 Å². The molecule has 5 nitrogen and oxygen atoms in total. The monoisotopic (exact) mass is 300 g/mol. The van der Waals surface area contributed by atoms with E-state index in [2.05, 4.69) is 10.1 Å². The lowest BCUT2D eigenvalue weighted by molar-refractivity contribution is -0.141. The van der Waals surface area contributed by atoms with Crippen LogP contribution < -0.4 is 5.32 Å². The molecule has 0 aliphatic carbocycles. The van der Waals surface area contributed by atoms with E-state index in [-0.39, 0.29) is 24.3 Å². The average molecular weight is 300 g/mol. The smallest absolute Gasteiger partial charge is 0.307 e. The molecule has 1 amide bonds. The molecule has 0 saturated carbocycles. The molecular weight excluding hydrogens is 280 g/mol. The van der Waals surface area contributed by atoms with Crippen molar-refractivity contribution in [1.82, 2.24) is 9.88 Å². The number of methoxy groups -OCH3 is 1. The minimum atomic E-state index is -0.324. The third kappa shape index (κ3) is 3.97. The molecule has 1 aromatic carbocycles. The minimum absolute atomic E-state index is 0.181. The molecule has 1 N–H and O–H groups in total. The zero-order chi connectivity index (χ0) is 15.9. The number of esters is 1. The number of hydrogen-bond donors (Lipinski definition) is 1. The van der Waals surface area contributed by atoms with Crippen molar-refractivity contribution in [3.05, 3.63) is 54.4 Å². The van der Waals surface area contributed by atoms with Crippen LogP contribution >= 0.6 is 0 Å². The molecular formula is C17H20N2O3. The lowest BCUT2D eigenvalue weighted by Crippen LogP contribution is -2.36. The molecule has 5 heteroatoms. The minimum Gasteiger partial charge on any atom is -0.469 e. The molecule has 0 fully saturated rings. The van der Waals surface area contributed by atoms with Crippen molar-refractivity contribution in [2.45, 2.75) is 25.8 Å². The number of nitrogens with zero attached hydrogens (tertiary/aromatic N) is 1. The Morgan fingerprint density at radius 3 is 2.36 bits per heavy atom. The van der Waals surface area contributed by atoms with Gasteiger partial charge in [-0.1, -0.05) is 6.92 Å². The maximum Gasteiger partial charge on any atom is 0.307 e. The van der Waals surface area contributed by atoms with E-state index in [1.807, 2.05) is 48.1 Å². The van der Waals surface area contributed by atoms with Gasteiger partial charge >= 0.3 is 5.97 Å². The molecule has 0 saturated heterocycles. The Labute approximate surface area is 129 Å². The van der Waals surface area contributed by atoms with Gasteiger partial charge in [0.2, 0.25) is 0 Å². The van der Waals surface area contributed by atoms with Crippen molar-refractivity contribution < 1.29 is 14.3 Å². The highest BCUT2D eigenvalue weighted by Gasteiger charge is 2.16. The van der Waals surface area contributed by atoms with E-state index in [0.717, 1.165) is 5.69 Å². The topological polar surface area (TPSA) is 60.3 Å². The maximum atomic E-state index is 12.2. The largest absolute Gasteiger partial charge is 0.469 e. The number of aromatic nitrogens is 1. The van der Waals surface area contributed by atoms with Gasteiger partial charge in [0.1, 0.15) is 0 Å². The Morgan fingerprint density at radius 1 is 1.18 bits per heavy atom. The van der Waals surface area contributed by atoms with Gasteiger partial charge in [0.05, 0.1) is 13.5 Å². The van der Waals surface area contributed by atoms with Gasteiger partial charge in [0.25, 0.3) is 5.91 Å². The molecule has 0 aliphatic heterocycles. The number of carbonyl (C=O) groups is 2. The summed E-state index contributed by atoms with van der Waals surface area (Å²) in [7, 11) is 1.34. The summed E-state index contributed by atoms with van der Waals surface area (Å²) in [6.45, 7) is 1.92. The molecule has 1 aromatic heterocycles. The second-order valence-electron chi connectivity index (χ2n) is 5.00. The van der Waals surface area contributed by atoms with Crippen molar-refractivity contribution in [3.8, 4) is 5.69 Å². The van der Waals surface area contributed by atoms with E-state index in [1.54, 1.807) is 12.1 Å². The van der Waals surface area contributed by atoms with Crippen LogP contribution in [0.2, 0.25) is 0 Å². The van der Waals surface area contributed by atoms with Gasteiger partial charge in [-0.2, -0.15) is 0 Å². The molecule has 0 radical (unpaired) electrons. The highest BCUT2D eigenvalue weighted by atomic mass is 16.5. The van der Waals surface area contributed by atoms with E-state index in [4.69, 9.17) is 0 Å². The van der Waals surface area contributed by atoms with E-state index in [9.17, 15) is 9.59 Å². The molecule has 2 aromatic rings. The molecule has 22 heavy (non-hydrogen) atoms. The summed E-state index contributed by atoms with van der Waals surface area (Å²) >= 11 is 0. The Hall–Kier alpha value is -2.56. The van der Waals surface area contributed by atoms with Crippen LogP contribution in [0.25, 0.3) is 5.69 Å². The van der Waals surface area contributed by atoms with Gasteiger partial charge in [-0.15, -0.1) is 0 Å². The summed E-state index contributed by atoms with van der Waals surface area (Å²) in [6, 6.07) is 11.0. The van der Waals surface area contributed by atoms with Crippen molar-refractivity contribution in [1.29, 1.82) is 0 Å². The number of benzene rings is 1. The van der Waals surface area contributed by atoms with Crippen LogP contribution in [0.5, 0.6) is 0 Å². The number of nitrogens with one attached hydrogen (secondary N) is 1. The highest BCUT2D eigenvalue weighted by molar-refractivity contribution is 5.94. The Morgan fingerprint density at radius 2 is 1.82 bits per heavy atom. The number of hydrogen-bond acceptors (Lipinski definition) is 3. The van der Waals surface area contributed by atoms with Gasteiger partial charge in [0, 0.05) is 29.7 Å².